The molecule has 3 heterocycles. The second-order valence-corrected chi connectivity index (χ2v) is 9.19. The van der Waals surface area contributed by atoms with Crippen LogP contribution in [0.1, 0.15) is 17.3 Å². The number of rotatable bonds is 9. The number of nitrogens with zero attached hydrogens (tertiary/aromatic N) is 2. The zero-order valence-corrected chi connectivity index (χ0v) is 19.8. The van der Waals surface area contributed by atoms with Gasteiger partial charge in [-0.1, -0.05) is 12.1 Å². The van der Waals surface area contributed by atoms with Crippen LogP contribution >= 0.6 is 22.7 Å². The minimum Gasteiger partial charge on any atom is -0.493 e. The number of morpholine rings is 1. The molecule has 3 aromatic rings. The van der Waals surface area contributed by atoms with Gasteiger partial charge in [-0.2, -0.15) is 0 Å². The molecular weight excluding hydrogens is 446 g/mol. The summed E-state index contributed by atoms with van der Waals surface area (Å²) in [7, 11) is 3.25. The molecule has 1 atom stereocenters. The first-order chi connectivity index (χ1) is 15.7. The zero-order chi connectivity index (χ0) is 22.3. The van der Waals surface area contributed by atoms with Crippen LogP contribution in [0.25, 0.3) is 9.88 Å². The standard InChI is InChI=1S/C23H27N3O4S2/c1-28-19-6-5-16(12-20(19)29-2)18(26-7-9-30-10-8-26)14-24-22(27)13-17-15-32-23(25-17)21-4-3-11-31-21/h3-6,11-12,15,18H,7-10,13-14H2,1-2H3,(H,24,27)/t18-/m1/s1. The predicted octanol–water partition coefficient (Wildman–Crippen LogP) is 3.62. The largest absolute Gasteiger partial charge is 0.493 e. The van der Waals surface area contributed by atoms with Gasteiger partial charge in [-0.15, -0.1) is 22.7 Å². The van der Waals surface area contributed by atoms with Crippen molar-refractivity contribution in [3.8, 4) is 21.4 Å². The lowest BCUT2D eigenvalue weighted by atomic mass is 10.0. The number of carbonyl (C=O) groups excluding carboxylic acids is 1. The quantitative estimate of drug-likeness (QED) is 0.512. The number of aromatic nitrogens is 1. The van der Waals surface area contributed by atoms with E-state index in [-0.39, 0.29) is 18.4 Å². The molecule has 0 radical (unpaired) electrons. The Morgan fingerprint density at radius 3 is 2.72 bits per heavy atom. The van der Waals surface area contributed by atoms with Gasteiger partial charge in [0.1, 0.15) is 5.01 Å². The number of carbonyl (C=O) groups is 1. The van der Waals surface area contributed by atoms with Crippen LogP contribution in [0.5, 0.6) is 11.5 Å². The zero-order valence-electron chi connectivity index (χ0n) is 18.2. The summed E-state index contributed by atoms with van der Waals surface area (Å²) in [6, 6.07) is 9.99. The number of nitrogens with one attached hydrogen (secondary N) is 1. The van der Waals surface area contributed by atoms with Crippen LogP contribution in [0.3, 0.4) is 0 Å². The number of thiophene rings is 1. The predicted molar refractivity (Wildman–Crippen MR) is 127 cm³/mol. The molecule has 2 aromatic heterocycles. The first kappa shape index (κ1) is 22.7. The van der Waals surface area contributed by atoms with Gasteiger partial charge in [0, 0.05) is 25.0 Å². The molecule has 1 aliphatic heterocycles. The topological polar surface area (TPSA) is 72.9 Å². The molecule has 0 spiro atoms. The van der Waals surface area contributed by atoms with Gasteiger partial charge in [0.25, 0.3) is 0 Å². The van der Waals surface area contributed by atoms with Crippen molar-refractivity contribution in [3.63, 3.8) is 0 Å². The molecule has 0 aliphatic carbocycles. The van der Waals surface area contributed by atoms with Crippen molar-refractivity contribution in [2.45, 2.75) is 12.5 Å². The molecule has 32 heavy (non-hydrogen) atoms. The van der Waals surface area contributed by atoms with Gasteiger partial charge in [0.2, 0.25) is 5.91 Å². The van der Waals surface area contributed by atoms with Gasteiger partial charge in [0.15, 0.2) is 11.5 Å². The highest BCUT2D eigenvalue weighted by Gasteiger charge is 2.24. The highest BCUT2D eigenvalue weighted by atomic mass is 32.1. The Kier molecular flexibility index (Phi) is 7.75. The Morgan fingerprint density at radius 1 is 1.19 bits per heavy atom. The Morgan fingerprint density at radius 2 is 2.00 bits per heavy atom. The molecule has 1 N–H and O–H groups in total. The van der Waals surface area contributed by atoms with Crippen LogP contribution in [0.15, 0.2) is 41.1 Å². The summed E-state index contributed by atoms with van der Waals surface area (Å²) in [6.07, 6.45) is 0.268. The van der Waals surface area contributed by atoms with Crippen LogP contribution in [0.4, 0.5) is 0 Å². The van der Waals surface area contributed by atoms with E-state index in [1.807, 2.05) is 41.1 Å². The van der Waals surface area contributed by atoms with Crippen LogP contribution in [0, 0.1) is 0 Å². The van der Waals surface area contributed by atoms with Crippen molar-refractivity contribution in [1.82, 2.24) is 15.2 Å². The number of hydrogen-bond acceptors (Lipinski definition) is 8. The Bertz CT molecular complexity index is 1020. The molecule has 0 bridgehead atoms. The molecule has 1 amide bonds. The molecule has 7 nitrogen and oxygen atoms in total. The highest BCUT2D eigenvalue weighted by Crippen LogP contribution is 2.32. The maximum atomic E-state index is 12.7. The van der Waals surface area contributed by atoms with Crippen LogP contribution in [-0.4, -0.2) is 62.9 Å². The first-order valence-electron chi connectivity index (χ1n) is 10.5. The maximum absolute atomic E-state index is 12.7. The molecule has 0 saturated carbocycles. The average Bonchev–Trinajstić information content (AvgIpc) is 3.52. The summed E-state index contributed by atoms with van der Waals surface area (Å²) in [5.41, 5.74) is 1.86. The number of ether oxygens (including phenoxy) is 3. The van der Waals surface area contributed by atoms with E-state index in [1.165, 1.54) is 0 Å². The molecular formula is C23H27N3O4S2. The minimum atomic E-state index is -0.0354. The van der Waals surface area contributed by atoms with E-state index in [9.17, 15) is 4.79 Å². The Hall–Kier alpha value is -2.46. The van der Waals surface area contributed by atoms with Crippen LogP contribution in [-0.2, 0) is 16.0 Å². The molecule has 1 fully saturated rings. The van der Waals surface area contributed by atoms with Crippen LogP contribution < -0.4 is 14.8 Å². The fourth-order valence-corrected chi connectivity index (χ4v) is 5.38. The summed E-state index contributed by atoms with van der Waals surface area (Å²) in [4.78, 5) is 20.8. The fourth-order valence-electron chi connectivity index (χ4n) is 3.75. The number of methoxy groups -OCH3 is 2. The van der Waals surface area contributed by atoms with E-state index in [4.69, 9.17) is 14.2 Å². The lowest BCUT2D eigenvalue weighted by Crippen LogP contribution is -2.44. The number of thiazole rings is 1. The van der Waals surface area contributed by atoms with Crippen molar-refractivity contribution < 1.29 is 19.0 Å². The normalized spacial score (nSPS) is 15.3. The lowest BCUT2D eigenvalue weighted by molar-refractivity contribution is -0.120. The van der Waals surface area contributed by atoms with Crippen molar-refractivity contribution in [1.29, 1.82) is 0 Å². The summed E-state index contributed by atoms with van der Waals surface area (Å²) >= 11 is 3.23. The van der Waals surface area contributed by atoms with E-state index in [0.29, 0.717) is 31.3 Å². The van der Waals surface area contributed by atoms with Crippen molar-refractivity contribution in [3.05, 3.63) is 52.3 Å². The van der Waals surface area contributed by atoms with Gasteiger partial charge in [-0.3, -0.25) is 9.69 Å². The summed E-state index contributed by atoms with van der Waals surface area (Å²) in [5.74, 6) is 1.33. The molecule has 1 aliphatic rings. The van der Waals surface area contributed by atoms with E-state index in [2.05, 4.69) is 15.2 Å². The van der Waals surface area contributed by atoms with E-state index >= 15 is 0 Å². The monoisotopic (exact) mass is 473 g/mol. The van der Waals surface area contributed by atoms with Gasteiger partial charge in [-0.05, 0) is 29.1 Å². The first-order valence-corrected chi connectivity index (χ1v) is 12.2. The Labute approximate surface area is 196 Å². The maximum Gasteiger partial charge on any atom is 0.226 e. The second kappa shape index (κ2) is 10.9. The molecule has 0 unspecified atom stereocenters. The summed E-state index contributed by atoms with van der Waals surface area (Å²) in [6.45, 7) is 3.48. The van der Waals surface area contributed by atoms with E-state index in [1.54, 1.807) is 36.9 Å². The molecule has 1 saturated heterocycles. The van der Waals surface area contributed by atoms with E-state index < -0.39 is 0 Å². The molecule has 4 rings (SSSR count). The van der Waals surface area contributed by atoms with Gasteiger partial charge in [-0.25, -0.2) is 4.98 Å². The minimum absolute atomic E-state index is 0.0137. The fraction of sp³-hybridized carbons (Fsp3) is 0.391. The molecule has 9 heteroatoms. The number of hydrogen-bond donors (Lipinski definition) is 1. The Balaban J connectivity index is 1.43. The third-order valence-corrected chi connectivity index (χ3v) is 7.33. The molecule has 1 aromatic carbocycles. The third-order valence-electron chi connectivity index (χ3n) is 5.40. The van der Waals surface area contributed by atoms with E-state index in [0.717, 1.165) is 34.2 Å². The second-order valence-electron chi connectivity index (χ2n) is 7.38. The van der Waals surface area contributed by atoms with Crippen molar-refractivity contribution in [2.24, 2.45) is 0 Å². The average molecular weight is 474 g/mol. The lowest BCUT2D eigenvalue weighted by Gasteiger charge is -2.35. The summed E-state index contributed by atoms with van der Waals surface area (Å²) in [5, 5.41) is 8.06. The van der Waals surface area contributed by atoms with Crippen LogP contribution in [0.2, 0.25) is 0 Å². The summed E-state index contributed by atoms with van der Waals surface area (Å²) < 4.78 is 16.4. The van der Waals surface area contributed by atoms with Crippen molar-refractivity contribution in [2.75, 3.05) is 47.1 Å². The third kappa shape index (κ3) is 5.47. The van der Waals surface area contributed by atoms with Gasteiger partial charge in [0.05, 0.1) is 50.5 Å². The van der Waals surface area contributed by atoms with Gasteiger partial charge < -0.3 is 19.5 Å². The molecule has 170 valence electrons. The number of amides is 1. The van der Waals surface area contributed by atoms with Crippen molar-refractivity contribution >= 4 is 28.6 Å². The van der Waals surface area contributed by atoms with Gasteiger partial charge >= 0.3 is 0 Å². The highest BCUT2D eigenvalue weighted by molar-refractivity contribution is 7.20. The SMILES string of the molecule is COc1ccc([C@@H](CNC(=O)Cc2csc(-c3cccs3)n2)N2CCOCC2)cc1OC. The number of benzene rings is 1. The smallest absolute Gasteiger partial charge is 0.226 e.